The summed E-state index contributed by atoms with van der Waals surface area (Å²) >= 11 is 0. The number of benzene rings is 3. The Kier molecular flexibility index (Phi) is 8.46. The predicted molar refractivity (Wildman–Crippen MR) is 123 cm³/mol. The van der Waals surface area contributed by atoms with Gasteiger partial charge < -0.3 is 19.5 Å². The second-order valence-electron chi connectivity index (χ2n) is 7.13. The van der Waals surface area contributed by atoms with E-state index in [-0.39, 0.29) is 0 Å². The van der Waals surface area contributed by atoms with Crippen molar-refractivity contribution in [2.45, 2.75) is 26.2 Å². The summed E-state index contributed by atoms with van der Waals surface area (Å²) in [5.41, 5.74) is 2.22. The van der Waals surface area contributed by atoms with Crippen molar-refractivity contribution in [3.63, 3.8) is 0 Å². The molecular weight excluding hydrogens is 374 g/mol. The first-order valence-corrected chi connectivity index (χ1v) is 10.6. The van der Waals surface area contributed by atoms with Gasteiger partial charge in [0.25, 0.3) is 0 Å². The lowest BCUT2D eigenvalue weighted by Crippen LogP contribution is -2.14. The molecule has 0 aromatic heterocycles. The Hall–Kier alpha value is -3.14. The highest BCUT2D eigenvalue weighted by molar-refractivity contribution is 5.56. The van der Waals surface area contributed by atoms with E-state index in [1.165, 1.54) is 5.56 Å². The van der Waals surface area contributed by atoms with Gasteiger partial charge in [-0.2, -0.15) is 0 Å². The van der Waals surface area contributed by atoms with Gasteiger partial charge in [0.2, 0.25) is 0 Å². The Labute approximate surface area is 179 Å². The fourth-order valence-electron chi connectivity index (χ4n) is 3.15. The van der Waals surface area contributed by atoms with Gasteiger partial charge >= 0.3 is 0 Å². The standard InChI is InChI=1S/C26H31NO3/c1-3-21(2)23-13-7-9-15-25(23)29-18-17-27-24-14-8-10-16-26(24)30-20-19-28-22-11-5-4-6-12-22/h4-16,21,27H,3,17-20H2,1-2H3. The van der Waals surface area contributed by atoms with E-state index in [1.54, 1.807) is 0 Å². The summed E-state index contributed by atoms with van der Waals surface area (Å²) in [6, 6.07) is 26.0. The molecule has 158 valence electrons. The fraction of sp³-hybridized carbons (Fsp3) is 0.308. The van der Waals surface area contributed by atoms with Crippen LogP contribution in [-0.2, 0) is 0 Å². The van der Waals surface area contributed by atoms with Crippen LogP contribution in [0.15, 0.2) is 78.9 Å². The summed E-state index contributed by atoms with van der Waals surface area (Å²) in [4.78, 5) is 0. The number of ether oxygens (including phenoxy) is 3. The molecule has 0 fully saturated rings. The Morgan fingerprint density at radius 1 is 0.700 bits per heavy atom. The smallest absolute Gasteiger partial charge is 0.142 e. The van der Waals surface area contributed by atoms with E-state index in [1.807, 2.05) is 66.7 Å². The highest BCUT2D eigenvalue weighted by Crippen LogP contribution is 2.28. The molecule has 1 atom stereocenters. The lowest BCUT2D eigenvalue weighted by Gasteiger charge is -2.17. The lowest BCUT2D eigenvalue weighted by molar-refractivity contribution is 0.217. The molecule has 0 saturated heterocycles. The van der Waals surface area contributed by atoms with E-state index < -0.39 is 0 Å². The zero-order valence-electron chi connectivity index (χ0n) is 17.8. The van der Waals surface area contributed by atoms with Gasteiger partial charge in [-0.05, 0) is 48.2 Å². The number of anilines is 1. The van der Waals surface area contributed by atoms with Crippen molar-refractivity contribution in [3.05, 3.63) is 84.4 Å². The maximum Gasteiger partial charge on any atom is 0.142 e. The quantitative estimate of drug-likeness (QED) is 0.367. The lowest BCUT2D eigenvalue weighted by atomic mass is 9.98. The van der Waals surface area contributed by atoms with Crippen LogP contribution < -0.4 is 19.5 Å². The first-order chi connectivity index (χ1) is 14.8. The molecule has 0 amide bonds. The van der Waals surface area contributed by atoms with Gasteiger partial charge in [0.15, 0.2) is 0 Å². The molecule has 1 N–H and O–H groups in total. The fourth-order valence-corrected chi connectivity index (χ4v) is 3.15. The monoisotopic (exact) mass is 405 g/mol. The predicted octanol–water partition coefficient (Wildman–Crippen LogP) is 6.15. The minimum Gasteiger partial charge on any atom is -0.491 e. The summed E-state index contributed by atoms with van der Waals surface area (Å²) in [6.07, 6.45) is 1.09. The molecule has 0 saturated carbocycles. The van der Waals surface area contributed by atoms with Crippen LogP contribution in [0.3, 0.4) is 0 Å². The maximum atomic E-state index is 6.05. The first-order valence-electron chi connectivity index (χ1n) is 10.6. The van der Waals surface area contributed by atoms with E-state index in [4.69, 9.17) is 14.2 Å². The SMILES string of the molecule is CCC(C)c1ccccc1OCCNc1ccccc1OCCOc1ccccc1. The Morgan fingerprint density at radius 2 is 1.33 bits per heavy atom. The highest BCUT2D eigenvalue weighted by Gasteiger charge is 2.09. The van der Waals surface area contributed by atoms with Gasteiger partial charge in [-0.25, -0.2) is 0 Å². The Balaban J connectivity index is 1.45. The molecule has 4 nitrogen and oxygen atoms in total. The van der Waals surface area contributed by atoms with Gasteiger partial charge in [-0.1, -0.05) is 62.4 Å². The molecule has 3 rings (SSSR count). The minimum atomic E-state index is 0.479. The zero-order valence-corrected chi connectivity index (χ0v) is 17.8. The van der Waals surface area contributed by atoms with E-state index in [2.05, 4.69) is 31.3 Å². The Morgan fingerprint density at radius 3 is 2.13 bits per heavy atom. The molecule has 3 aromatic carbocycles. The van der Waals surface area contributed by atoms with Gasteiger partial charge in [-0.3, -0.25) is 0 Å². The summed E-state index contributed by atoms with van der Waals surface area (Å²) in [5.74, 6) is 3.12. The third-order valence-corrected chi connectivity index (χ3v) is 4.98. The molecule has 30 heavy (non-hydrogen) atoms. The van der Waals surface area contributed by atoms with Gasteiger partial charge in [0.05, 0.1) is 5.69 Å². The van der Waals surface area contributed by atoms with Crippen LogP contribution in [0.1, 0.15) is 31.7 Å². The number of hydrogen-bond donors (Lipinski definition) is 1. The van der Waals surface area contributed by atoms with E-state index in [9.17, 15) is 0 Å². The molecule has 1 unspecified atom stereocenters. The summed E-state index contributed by atoms with van der Waals surface area (Å²) in [5, 5.41) is 3.41. The maximum absolute atomic E-state index is 6.05. The highest BCUT2D eigenvalue weighted by atomic mass is 16.5. The van der Waals surface area contributed by atoms with Crippen molar-refractivity contribution in [2.75, 3.05) is 31.7 Å². The molecule has 4 heteroatoms. The molecular formula is C26H31NO3. The van der Waals surface area contributed by atoms with Crippen molar-refractivity contribution in [3.8, 4) is 17.2 Å². The molecule has 0 spiro atoms. The van der Waals surface area contributed by atoms with E-state index >= 15 is 0 Å². The third kappa shape index (κ3) is 6.45. The van der Waals surface area contributed by atoms with E-state index in [0.717, 1.165) is 29.4 Å². The van der Waals surface area contributed by atoms with Crippen LogP contribution in [-0.4, -0.2) is 26.4 Å². The van der Waals surface area contributed by atoms with Crippen LogP contribution in [0.4, 0.5) is 5.69 Å². The van der Waals surface area contributed by atoms with E-state index in [0.29, 0.717) is 32.3 Å². The Bertz CT molecular complexity index is 882. The molecule has 0 radical (unpaired) electrons. The molecule has 0 aliphatic rings. The number of nitrogens with one attached hydrogen (secondary N) is 1. The summed E-state index contributed by atoms with van der Waals surface area (Å²) in [6.45, 7) is 6.68. The second kappa shape index (κ2) is 11.8. The van der Waals surface area contributed by atoms with Crippen LogP contribution in [0.2, 0.25) is 0 Å². The van der Waals surface area contributed by atoms with Crippen molar-refractivity contribution < 1.29 is 14.2 Å². The van der Waals surface area contributed by atoms with Crippen molar-refractivity contribution in [1.29, 1.82) is 0 Å². The van der Waals surface area contributed by atoms with Gasteiger partial charge in [0.1, 0.15) is 37.1 Å². The minimum absolute atomic E-state index is 0.479. The molecule has 0 aliphatic heterocycles. The topological polar surface area (TPSA) is 39.7 Å². The largest absolute Gasteiger partial charge is 0.491 e. The molecule has 0 aliphatic carbocycles. The van der Waals surface area contributed by atoms with Crippen molar-refractivity contribution >= 4 is 5.69 Å². The number of hydrogen-bond acceptors (Lipinski definition) is 4. The van der Waals surface area contributed by atoms with Crippen LogP contribution in [0.5, 0.6) is 17.2 Å². The first kappa shape index (κ1) is 21.6. The third-order valence-electron chi connectivity index (χ3n) is 4.98. The number of rotatable bonds is 12. The van der Waals surface area contributed by atoms with Gasteiger partial charge in [0, 0.05) is 6.54 Å². The normalized spacial score (nSPS) is 11.5. The average Bonchev–Trinajstić information content (AvgIpc) is 2.80. The number of para-hydroxylation sites is 4. The zero-order chi connectivity index (χ0) is 21.0. The molecule has 0 heterocycles. The van der Waals surface area contributed by atoms with Crippen molar-refractivity contribution in [1.82, 2.24) is 0 Å². The average molecular weight is 406 g/mol. The van der Waals surface area contributed by atoms with Crippen LogP contribution in [0.25, 0.3) is 0 Å². The van der Waals surface area contributed by atoms with Crippen LogP contribution in [0, 0.1) is 0 Å². The molecule has 0 bridgehead atoms. The summed E-state index contributed by atoms with van der Waals surface area (Å²) < 4.78 is 17.6. The van der Waals surface area contributed by atoms with Crippen molar-refractivity contribution in [2.24, 2.45) is 0 Å². The summed E-state index contributed by atoms with van der Waals surface area (Å²) in [7, 11) is 0. The van der Waals surface area contributed by atoms with Gasteiger partial charge in [-0.15, -0.1) is 0 Å². The second-order valence-corrected chi connectivity index (χ2v) is 7.13. The molecule has 3 aromatic rings. The van der Waals surface area contributed by atoms with Crippen LogP contribution >= 0.6 is 0 Å².